The quantitative estimate of drug-likeness (QED) is 0.312. The summed E-state index contributed by atoms with van der Waals surface area (Å²) in [5.41, 5.74) is 0.792. The number of carboxylic acids is 1. The van der Waals surface area contributed by atoms with Crippen molar-refractivity contribution in [2.45, 2.75) is 76.9 Å². The van der Waals surface area contributed by atoms with Crippen molar-refractivity contribution in [3.8, 4) is 11.5 Å². The van der Waals surface area contributed by atoms with Crippen molar-refractivity contribution >= 4 is 11.8 Å². The third-order valence-corrected chi connectivity index (χ3v) is 7.34. The maximum absolute atomic E-state index is 14.2. The number of methoxy groups -OCH3 is 2. The van der Waals surface area contributed by atoms with Gasteiger partial charge in [0.05, 0.1) is 14.2 Å². The molecule has 8 nitrogen and oxygen atoms in total. The second-order valence-electron chi connectivity index (χ2n) is 10.7. The van der Waals surface area contributed by atoms with E-state index in [1.54, 1.807) is 12.0 Å². The Hall–Kier alpha value is -2.98. The van der Waals surface area contributed by atoms with E-state index >= 15 is 0 Å². The Morgan fingerprint density at radius 3 is 2.45 bits per heavy atom. The van der Waals surface area contributed by atoms with Crippen LogP contribution in [0, 0.1) is 5.82 Å². The van der Waals surface area contributed by atoms with Crippen LogP contribution in [0.2, 0.25) is 0 Å². The molecule has 2 aromatic rings. The molecule has 0 aliphatic carbocycles. The minimum Gasteiger partial charge on any atom is -0.496 e. The van der Waals surface area contributed by atoms with Crippen molar-refractivity contribution in [2.75, 3.05) is 45.8 Å². The maximum Gasteiger partial charge on any atom is 0.325 e. The molecule has 3 N–H and O–H groups in total. The number of ether oxygens (including phenoxy) is 2. The number of rotatable bonds is 11. The van der Waals surface area contributed by atoms with Crippen LogP contribution in [-0.2, 0) is 23.3 Å². The van der Waals surface area contributed by atoms with Gasteiger partial charge in [0.1, 0.15) is 23.3 Å². The van der Waals surface area contributed by atoms with Crippen LogP contribution in [0.1, 0.15) is 80.8 Å². The fourth-order valence-corrected chi connectivity index (χ4v) is 5.23. The first-order chi connectivity index (χ1) is 19.1. The summed E-state index contributed by atoms with van der Waals surface area (Å²) in [5, 5.41) is 21.7. The number of carboxylic acid groups (broad SMARTS) is 1. The number of alkyl halides is 1. The Morgan fingerprint density at radius 1 is 1.12 bits per heavy atom. The summed E-state index contributed by atoms with van der Waals surface area (Å²) in [6.45, 7) is 5.13. The number of aliphatic carboxylic acids is 1. The average molecular weight is 564 g/mol. The van der Waals surface area contributed by atoms with Gasteiger partial charge < -0.3 is 25.0 Å². The summed E-state index contributed by atoms with van der Waals surface area (Å²) in [4.78, 5) is 18.1. The summed E-state index contributed by atoms with van der Waals surface area (Å²) < 4.78 is 38.9. The van der Waals surface area contributed by atoms with E-state index in [0.29, 0.717) is 13.1 Å². The van der Waals surface area contributed by atoms with E-state index in [9.17, 15) is 18.7 Å². The van der Waals surface area contributed by atoms with Gasteiger partial charge in [-0.25, -0.2) is 13.8 Å². The van der Waals surface area contributed by atoms with Crippen LogP contribution >= 0.6 is 0 Å². The van der Waals surface area contributed by atoms with Crippen LogP contribution in [0.15, 0.2) is 18.2 Å². The molecule has 10 heteroatoms. The van der Waals surface area contributed by atoms with Crippen LogP contribution in [0.4, 0.5) is 14.6 Å². The van der Waals surface area contributed by atoms with Gasteiger partial charge in [0.15, 0.2) is 11.6 Å². The molecule has 0 bridgehead atoms. The Bertz CT molecular complexity index is 1120. The van der Waals surface area contributed by atoms with Crippen molar-refractivity contribution in [3.05, 3.63) is 46.4 Å². The molecule has 1 aromatic heterocycles. The van der Waals surface area contributed by atoms with E-state index in [0.717, 1.165) is 81.2 Å². The summed E-state index contributed by atoms with van der Waals surface area (Å²) in [6.07, 6.45) is 7.90. The molecule has 222 valence electrons. The lowest BCUT2D eigenvalue weighted by molar-refractivity contribution is -0.143. The first-order valence-corrected chi connectivity index (χ1v) is 14.1. The van der Waals surface area contributed by atoms with Gasteiger partial charge in [-0.3, -0.25) is 9.69 Å². The highest BCUT2D eigenvalue weighted by Crippen LogP contribution is 2.38. The van der Waals surface area contributed by atoms with Crippen molar-refractivity contribution in [1.82, 2.24) is 9.88 Å². The largest absolute Gasteiger partial charge is 0.496 e. The molecule has 40 heavy (non-hydrogen) atoms. The topological polar surface area (TPSA) is 104 Å². The van der Waals surface area contributed by atoms with E-state index in [1.807, 2.05) is 0 Å². The maximum atomic E-state index is 14.2. The normalized spacial score (nSPS) is 15.9. The SMILES string of the molecule is COc1c(F)cc(C(C)(C)F)cc1C(C(=O)O)N1CCCC1.COc1cc(CCCCCO)nc2c1CCCN2. The number of unbranched alkanes of at least 4 members (excludes halogenated alkanes) is 2. The van der Waals surface area contributed by atoms with Gasteiger partial charge in [0.25, 0.3) is 0 Å². The van der Waals surface area contributed by atoms with Crippen LogP contribution in [0.3, 0.4) is 0 Å². The lowest BCUT2D eigenvalue weighted by Gasteiger charge is -2.27. The van der Waals surface area contributed by atoms with Crippen LogP contribution in [-0.4, -0.2) is 66.5 Å². The number of benzene rings is 1. The lowest BCUT2D eigenvalue weighted by Crippen LogP contribution is -2.32. The predicted octanol–water partition coefficient (Wildman–Crippen LogP) is 5.41. The summed E-state index contributed by atoms with van der Waals surface area (Å²) in [7, 11) is 3.00. The van der Waals surface area contributed by atoms with E-state index in [4.69, 9.17) is 14.6 Å². The predicted molar refractivity (Wildman–Crippen MR) is 151 cm³/mol. The molecule has 2 aliphatic heterocycles. The van der Waals surface area contributed by atoms with E-state index < -0.39 is 23.5 Å². The highest BCUT2D eigenvalue weighted by molar-refractivity contribution is 5.77. The number of fused-ring (bicyclic) bond motifs is 1. The molecule has 1 fully saturated rings. The fourth-order valence-electron chi connectivity index (χ4n) is 5.23. The number of hydrogen-bond acceptors (Lipinski definition) is 7. The Kier molecular flexibility index (Phi) is 11.5. The number of nitrogens with one attached hydrogen (secondary N) is 1. The standard InChI is InChI=1S/C16H21F2NO3.C14H22N2O2/c1-16(2,18)10-8-11(14(22-3)12(17)9-10)13(15(20)21)19-6-4-5-7-19;1-18-13-10-11(6-3-2-4-9-17)16-14-12(13)7-5-8-15-14/h8-9,13H,4-7H2,1-3H3,(H,20,21);10,17H,2-9H2,1H3,(H,15,16). The van der Waals surface area contributed by atoms with Crippen LogP contribution in [0.5, 0.6) is 11.5 Å². The second kappa shape index (κ2) is 14.6. The molecular weight excluding hydrogens is 520 g/mol. The molecule has 0 spiro atoms. The minimum atomic E-state index is -1.77. The first-order valence-electron chi connectivity index (χ1n) is 14.1. The monoisotopic (exact) mass is 563 g/mol. The van der Waals surface area contributed by atoms with E-state index in [1.165, 1.54) is 32.6 Å². The van der Waals surface area contributed by atoms with Gasteiger partial charge in [-0.15, -0.1) is 0 Å². The number of anilines is 1. The number of halogens is 2. The summed E-state index contributed by atoms with van der Waals surface area (Å²) >= 11 is 0. The molecule has 4 rings (SSSR count). The second-order valence-corrected chi connectivity index (χ2v) is 10.7. The molecule has 0 amide bonds. The first kappa shape index (κ1) is 31.5. The van der Waals surface area contributed by atoms with Gasteiger partial charge in [0, 0.05) is 36.0 Å². The third kappa shape index (κ3) is 8.04. The zero-order valence-corrected chi connectivity index (χ0v) is 24.1. The Morgan fingerprint density at radius 2 is 1.85 bits per heavy atom. The average Bonchev–Trinajstić information content (AvgIpc) is 3.44. The highest BCUT2D eigenvalue weighted by atomic mass is 19.1. The van der Waals surface area contributed by atoms with Crippen LogP contribution < -0.4 is 14.8 Å². The van der Waals surface area contributed by atoms with Gasteiger partial charge in [-0.05, 0) is 89.6 Å². The number of hydrogen-bond donors (Lipinski definition) is 3. The van der Waals surface area contributed by atoms with Gasteiger partial charge in [-0.1, -0.05) is 6.42 Å². The summed E-state index contributed by atoms with van der Waals surface area (Å²) in [6, 6.07) is 3.49. The molecule has 3 heterocycles. The van der Waals surface area contributed by atoms with Crippen molar-refractivity contribution in [3.63, 3.8) is 0 Å². The van der Waals surface area contributed by atoms with Gasteiger partial charge in [0.2, 0.25) is 0 Å². The van der Waals surface area contributed by atoms with Crippen molar-refractivity contribution in [2.24, 2.45) is 0 Å². The minimum absolute atomic E-state index is 0.103. The zero-order chi connectivity index (χ0) is 29.3. The molecule has 0 radical (unpaired) electrons. The number of carbonyl (C=O) groups is 1. The van der Waals surface area contributed by atoms with Crippen molar-refractivity contribution < 1.29 is 33.3 Å². The molecular formula is C30H43F2N3O5. The number of likely N-dealkylation sites (tertiary alicyclic amines) is 1. The number of pyridine rings is 1. The number of aliphatic hydroxyl groups excluding tert-OH is 1. The molecule has 1 atom stereocenters. The molecule has 1 aromatic carbocycles. The summed E-state index contributed by atoms with van der Waals surface area (Å²) in [5.74, 6) is -0.00555. The molecule has 2 aliphatic rings. The van der Waals surface area contributed by atoms with Gasteiger partial charge >= 0.3 is 5.97 Å². The lowest BCUT2D eigenvalue weighted by atomic mass is 9.94. The highest BCUT2D eigenvalue weighted by Gasteiger charge is 2.34. The Balaban J connectivity index is 0.000000225. The number of aliphatic hydroxyl groups is 1. The smallest absolute Gasteiger partial charge is 0.325 e. The van der Waals surface area contributed by atoms with E-state index in [2.05, 4.69) is 16.4 Å². The van der Waals surface area contributed by atoms with Gasteiger partial charge in [-0.2, -0.15) is 0 Å². The number of nitrogens with zero attached hydrogens (tertiary/aromatic N) is 2. The van der Waals surface area contributed by atoms with Crippen LogP contribution in [0.25, 0.3) is 0 Å². The number of aryl methyl sites for hydroxylation is 1. The Labute approximate surface area is 235 Å². The number of aromatic nitrogens is 1. The fraction of sp³-hybridized carbons (Fsp3) is 0.600. The van der Waals surface area contributed by atoms with E-state index in [-0.39, 0.29) is 23.5 Å². The molecule has 1 saturated heterocycles. The zero-order valence-electron chi connectivity index (χ0n) is 24.1. The third-order valence-electron chi connectivity index (χ3n) is 7.34. The molecule has 0 saturated carbocycles. The van der Waals surface area contributed by atoms with Crippen molar-refractivity contribution in [1.29, 1.82) is 0 Å². The molecule has 1 unspecified atom stereocenters.